The summed E-state index contributed by atoms with van der Waals surface area (Å²) < 4.78 is 26.6. The van der Waals surface area contributed by atoms with E-state index in [-0.39, 0.29) is 17.8 Å². The molecule has 0 fully saturated rings. The summed E-state index contributed by atoms with van der Waals surface area (Å²) in [5.74, 6) is -1.31. The van der Waals surface area contributed by atoms with Crippen molar-refractivity contribution in [2.24, 2.45) is 0 Å². The third-order valence-electron chi connectivity index (χ3n) is 2.77. The number of hydrogen-bond donors (Lipinski definition) is 0. The molecule has 1 nitrogen and oxygen atoms in total. The predicted molar refractivity (Wildman–Crippen MR) is 72.6 cm³/mol. The first-order chi connectivity index (χ1) is 9.11. The van der Waals surface area contributed by atoms with Gasteiger partial charge in [0.2, 0.25) is 0 Å². The highest BCUT2D eigenvalue weighted by Crippen LogP contribution is 2.22. The zero-order valence-electron chi connectivity index (χ0n) is 10.3. The summed E-state index contributed by atoms with van der Waals surface area (Å²) >= 11 is 1.45. The van der Waals surface area contributed by atoms with Gasteiger partial charge in [0.25, 0.3) is 0 Å². The van der Waals surface area contributed by atoms with Gasteiger partial charge in [-0.2, -0.15) is 0 Å². The Kier molecular flexibility index (Phi) is 4.32. The molecule has 2 rings (SSSR count). The molecule has 0 N–H and O–H groups in total. The summed E-state index contributed by atoms with van der Waals surface area (Å²) in [6, 6.07) is 10.3. The van der Waals surface area contributed by atoms with Gasteiger partial charge in [-0.05, 0) is 36.1 Å². The van der Waals surface area contributed by atoms with Crippen molar-refractivity contribution in [2.75, 3.05) is 6.26 Å². The zero-order chi connectivity index (χ0) is 13.8. The molecule has 0 aromatic heterocycles. The molecule has 0 unspecified atom stereocenters. The maximum absolute atomic E-state index is 13.5. The van der Waals surface area contributed by atoms with Crippen molar-refractivity contribution in [2.45, 2.75) is 11.3 Å². The molecule has 4 heteroatoms. The smallest absolute Gasteiger partial charge is 0.168 e. The minimum atomic E-state index is -0.559. The Morgan fingerprint density at radius 1 is 1.16 bits per heavy atom. The second kappa shape index (κ2) is 5.97. The molecular weight excluding hydrogens is 266 g/mol. The van der Waals surface area contributed by atoms with E-state index in [1.54, 1.807) is 12.1 Å². The van der Waals surface area contributed by atoms with Crippen LogP contribution in [0, 0.1) is 11.6 Å². The van der Waals surface area contributed by atoms with E-state index in [2.05, 4.69) is 0 Å². The van der Waals surface area contributed by atoms with Crippen LogP contribution in [0.5, 0.6) is 0 Å². The van der Waals surface area contributed by atoms with Crippen molar-refractivity contribution < 1.29 is 13.6 Å². The van der Waals surface area contributed by atoms with Crippen molar-refractivity contribution in [3.63, 3.8) is 0 Å². The summed E-state index contributed by atoms with van der Waals surface area (Å²) in [5, 5.41) is 0. The highest BCUT2D eigenvalue weighted by atomic mass is 32.2. The zero-order valence-corrected chi connectivity index (χ0v) is 11.1. The number of halogens is 2. The molecule has 0 bridgehead atoms. The topological polar surface area (TPSA) is 17.1 Å². The average Bonchev–Trinajstić information content (AvgIpc) is 2.42. The van der Waals surface area contributed by atoms with E-state index in [4.69, 9.17) is 0 Å². The summed E-state index contributed by atoms with van der Waals surface area (Å²) in [5.41, 5.74) is 0.625. The largest absolute Gasteiger partial charge is 0.294 e. The fraction of sp³-hybridized carbons (Fsp3) is 0.133. The van der Waals surface area contributed by atoms with Gasteiger partial charge < -0.3 is 0 Å². The lowest BCUT2D eigenvalue weighted by Crippen LogP contribution is -2.07. The number of carbonyl (C=O) groups excluding carboxylic acids is 1. The normalized spacial score (nSPS) is 10.5. The molecule has 0 aliphatic carbocycles. The number of benzene rings is 2. The van der Waals surface area contributed by atoms with Gasteiger partial charge in [0, 0.05) is 16.9 Å². The fourth-order valence-electron chi connectivity index (χ4n) is 1.82. The molecule has 19 heavy (non-hydrogen) atoms. The minimum absolute atomic E-state index is 0.0842. The molecule has 0 aliphatic heterocycles. The molecule has 98 valence electrons. The minimum Gasteiger partial charge on any atom is -0.294 e. The van der Waals surface area contributed by atoms with Gasteiger partial charge in [0.15, 0.2) is 5.78 Å². The monoisotopic (exact) mass is 278 g/mol. The van der Waals surface area contributed by atoms with Crippen LogP contribution in [0.2, 0.25) is 0 Å². The van der Waals surface area contributed by atoms with Gasteiger partial charge in [0.1, 0.15) is 11.6 Å². The van der Waals surface area contributed by atoms with Crippen LogP contribution in [-0.4, -0.2) is 12.0 Å². The van der Waals surface area contributed by atoms with Crippen molar-refractivity contribution >= 4 is 17.5 Å². The molecule has 0 heterocycles. The van der Waals surface area contributed by atoms with E-state index in [1.807, 2.05) is 18.4 Å². The SMILES string of the molecule is CSc1ccccc1C(=O)Cc1cc(F)ccc1F. The van der Waals surface area contributed by atoms with E-state index in [1.165, 1.54) is 11.8 Å². The Bertz CT molecular complexity index is 611. The van der Waals surface area contributed by atoms with Crippen LogP contribution in [0.1, 0.15) is 15.9 Å². The Morgan fingerprint density at radius 2 is 1.89 bits per heavy atom. The number of carbonyl (C=O) groups is 1. The third kappa shape index (κ3) is 3.20. The van der Waals surface area contributed by atoms with Gasteiger partial charge in [-0.25, -0.2) is 8.78 Å². The van der Waals surface area contributed by atoms with Crippen LogP contribution in [0.25, 0.3) is 0 Å². The quantitative estimate of drug-likeness (QED) is 0.618. The Hall–Kier alpha value is -1.68. The van der Waals surface area contributed by atoms with Gasteiger partial charge >= 0.3 is 0 Å². The lowest BCUT2D eigenvalue weighted by atomic mass is 10.0. The van der Waals surface area contributed by atoms with Gasteiger partial charge in [0.05, 0.1) is 0 Å². The van der Waals surface area contributed by atoms with Gasteiger partial charge in [-0.15, -0.1) is 11.8 Å². The Morgan fingerprint density at radius 3 is 2.63 bits per heavy atom. The van der Waals surface area contributed by atoms with Crippen LogP contribution >= 0.6 is 11.8 Å². The van der Waals surface area contributed by atoms with E-state index in [9.17, 15) is 13.6 Å². The van der Waals surface area contributed by atoms with E-state index in [0.717, 1.165) is 23.1 Å². The van der Waals surface area contributed by atoms with E-state index < -0.39 is 11.6 Å². The van der Waals surface area contributed by atoms with Crippen molar-refractivity contribution in [3.05, 3.63) is 65.2 Å². The number of thioether (sulfide) groups is 1. The van der Waals surface area contributed by atoms with Crippen molar-refractivity contribution in [1.29, 1.82) is 0 Å². The van der Waals surface area contributed by atoms with Crippen molar-refractivity contribution in [3.8, 4) is 0 Å². The first kappa shape index (κ1) is 13.7. The molecule has 0 saturated carbocycles. The lowest BCUT2D eigenvalue weighted by Gasteiger charge is -2.07. The summed E-state index contributed by atoms with van der Waals surface area (Å²) in [7, 11) is 0. The summed E-state index contributed by atoms with van der Waals surface area (Å²) in [6.07, 6.45) is 1.73. The van der Waals surface area contributed by atoms with Crippen LogP contribution in [0.3, 0.4) is 0 Å². The van der Waals surface area contributed by atoms with Crippen LogP contribution in [0.15, 0.2) is 47.4 Å². The molecule has 0 saturated heterocycles. The first-order valence-corrected chi connectivity index (χ1v) is 6.94. The fourth-order valence-corrected chi connectivity index (χ4v) is 2.44. The highest BCUT2D eigenvalue weighted by Gasteiger charge is 2.14. The third-order valence-corrected chi connectivity index (χ3v) is 3.56. The number of ketones is 1. The maximum Gasteiger partial charge on any atom is 0.168 e. The molecule has 0 aliphatic rings. The molecule has 0 atom stereocenters. The van der Waals surface area contributed by atoms with Crippen LogP contribution in [0.4, 0.5) is 8.78 Å². The molecule has 0 amide bonds. The van der Waals surface area contributed by atoms with E-state index >= 15 is 0 Å². The number of Topliss-reactive ketones (excluding diaryl/α,β-unsaturated/α-hetero) is 1. The van der Waals surface area contributed by atoms with Gasteiger partial charge in [-0.3, -0.25) is 4.79 Å². The van der Waals surface area contributed by atoms with Crippen LogP contribution in [-0.2, 0) is 6.42 Å². The Balaban J connectivity index is 2.28. The molecular formula is C15H12F2OS. The Labute approximate surface area is 114 Å². The lowest BCUT2D eigenvalue weighted by molar-refractivity contribution is 0.0989. The highest BCUT2D eigenvalue weighted by molar-refractivity contribution is 7.98. The summed E-state index contributed by atoms with van der Waals surface area (Å²) in [6.45, 7) is 0. The van der Waals surface area contributed by atoms with Crippen LogP contribution < -0.4 is 0 Å². The molecule has 2 aromatic carbocycles. The number of rotatable bonds is 4. The predicted octanol–water partition coefficient (Wildman–Crippen LogP) is 4.11. The molecule has 0 radical (unpaired) electrons. The second-order valence-corrected chi connectivity index (χ2v) is 4.88. The number of hydrogen-bond acceptors (Lipinski definition) is 2. The second-order valence-electron chi connectivity index (χ2n) is 4.04. The first-order valence-electron chi connectivity index (χ1n) is 5.72. The molecule has 0 spiro atoms. The molecule has 2 aromatic rings. The van der Waals surface area contributed by atoms with Gasteiger partial charge in [-0.1, -0.05) is 18.2 Å². The van der Waals surface area contributed by atoms with E-state index in [0.29, 0.717) is 5.56 Å². The maximum atomic E-state index is 13.5. The van der Waals surface area contributed by atoms with Crippen molar-refractivity contribution in [1.82, 2.24) is 0 Å². The standard InChI is InChI=1S/C15H12F2OS/c1-19-15-5-3-2-4-12(15)14(18)9-10-8-11(16)6-7-13(10)17/h2-8H,9H2,1H3. The summed E-state index contributed by atoms with van der Waals surface area (Å²) in [4.78, 5) is 13.0. The average molecular weight is 278 g/mol.